The van der Waals surface area contributed by atoms with Crippen molar-refractivity contribution in [2.75, 3.05) is 18.0 Å². The Labute approximate surface area is 139 Å². The summed E-state index contributed by atoms with van der Waals surface area (Å²) in [5.74, 6) is 0.893. The molecule has 0 amide bonds. The minimum atomic E-state index is -0.667. The summed E-state index contributed by atoms with van der Waals surface area (Å²) in [7, 11) is 0. The molecule has 0 radical (unpaired) electrons. The van der Waals surface area contributed by atoms with Gasteiger partial charge in [-0.15, -0.1) is 11.3 Å². The highest BCUT2D eigenvalue weighted by Gasteiger charge is 2.29. The van der Waals surface area contributed by atoms with Crippen LogP contribution in [0.4, 0.5) is 5.82 Å². The second kappa shape index (κ2) is 5.74. The first-order valence-electron chi connectivity index (χ1n) is 8.36. The van der Waals surface area contributed by atoms with Gasteiger partial charge in [-0.05, 0) is 43.6 Å². The fourth-order valence-electron chi connectivity index (χ4n) is 3.84. The Morgan fingerprint density at radius 2 is 2.09 bits per heavy atom. The highest BCUT2D eigenvalue weighted by atomic mass is 32.1. The smallest absolute Gasteiger partial charge is 0.306 e. The third-order valence-corrected chi connectivity index (χ3v) is 6.38. The molecule has 2 aromatic heterocycles. The van der Waals surface area contributed by atoms with E-state index < -0.39 is 5.97 Å². The molecule has 1 fully saturated rings. The molecule has 0 saturated carbocycles. The largest absolute Gasteiger partial charge is 0.481 e. The first kappa shape index (κ1) is 14.9. The number of aryl methyl sites for hydroxylation is 1. The summed E-state index contributed by atoms with van der Waals surface area (Å²) in [6.07, 6.45) is 6.55. The molecule has 122 valence electrons. The van der Waals surface area contributed by atoms with Crippen molar-refractivity contribution in [3.8, 4) is 0 Å². The molecule has 1 aliphatic heterocycles. The van der Waals surface area contributed by atoms with Gasteiger partial charge in [0.1, 0.15) is 17.0 Å². The lowest BCUT2D eigenvalue weighted by molar-refractivity contribution is -0.142. The van der Waals surface area contributed by atoms with Crippen LogP contribution in [-0.4, -0.2) is 34.1 Å². The molecule has 4 rings (SSSR count). The third-order valence-electron chi connectivity index (χ3n) is 5.22. The number of carboxylic acids is 1. The number of carbonyl (C=O) groups is 1. The van der Waals surface area contributed by atoms with Crippen LogP contribution in [0.2, 0.25) is 0 Å². The first-order chi connectivity index (χ1) is 11.1. The van der Waals surface area contributed by atoms with Crippen LogP contribution in [0.1, 0.15) is 36.6 Å². The Hall–Kier alpha value is -1.69. The van der Waals surface area contributed by atoms with E-state index in [0.717, 1.165) is 42.5 Å². The molecule has 1 aliphatic carbocycles. The lowest BCUT2D eigenvalue weighted by Gasteiger charge is -2.31. The van der Waals surface area contributed by atoms with Crippen LogP contribution in [0.5, 0.6) is 0 Å². The van der Waals surface area contributed by atoms with Crippen LogP contribution < -0.4 is 4.90 Å². The van der Waals surface area contributed by atoms with Gasteiger partial charge in [0.25, 0.3) is 0 Å². The van der Waals surface area contributed by atoms with Crippen molar-refractivity contribution < 1.29 is 9.90 Å². The summed E-state index contributed by atoms with van der Waals surface area (Å²) in [6.45, 7) is 3.85. The van der Waals surface area contributed by atoms with Crippen molar-refractivity contribution in [2.45, 2.75) is 39.0 Å². The van der Waals surface area contributed by atoms with Crippen LogP contribution in [0.15, 0.2) is 6.33 Å². The van der Waals surface area contributed by atoms with Crippen LogP contribution in [-0.2, 0) is 17.6 Å². The van der Waals surface area contributed by atoms with Crippen molar-refractivity contribution in [2.24, 2.45) is 11.8 Å². The zero-order valence-corrected chi connectivity index (χ0v) is 14.1. The number of anilines is 1. The normalized spacial score (nSPS) is 22.3. The van der Waals surface area contributed by atoms with Gasteiger partial charge in [0, 0.05) is 18.0 Å². The van der Waals surface area contributed by atoms with Crippen LogP contribution in [0.3, 0.4) is 0 Å². The van der Waals surface area contributed by atoms with Crippen molar-refractivity contribution in [3.05, 3.63) is 16.8 Å². The number of carboxylic acid groups (broad SMARTS) is 1. The number of hydrogen-bond donors (Lipinski definition) is 1. The molecular weight excluding hydrogens is 310 g/mol. The number of thiophene rings is 1. The van der Waals surface area contributed by atoms with Crippen molar-refractivity contribution in [1.29, 1.82) is 0 Å². The summed E-state index contributed by atoms with van der Waals surface area (Å²) in [5.41, 5.74) is 1.44. The quantitative estimate of drug-likeness (QED) is 0.916. The maximum absolute atomic E-state index is 11.1. The van der Waals surface area contributed by atoms with E-state index in [-0.39, 0.29) is 5.92 Å². The molecule has 1 atom stereocenters. The van der Waals surface area contributed by atoms with Crippen molar-refractivity contribution in [3.63, 3.8) is 0 Å². The van der Waals surface area contributed by atoms with E-state index in [0.29, 0.717) is 12.8 Å². The average Bonchev–Trinajstić information content (AvgIpc) is 2.92. The Morgan fingerprint density at radius 1 is 1.30 bits per heavy atom. The van der Waals surface area contributed by atoms with E-state index in [1.807, 2.05) is 11.3 Å². The highest BCUT2D eigenvalue weighted by molar-refractivity contribution is 7.19. The predicted octanol–water partition coefficient (Wildman–Crippen LogP) is 3.12. The number of rotatable bonds is 2. The molecule has 6 heteroatoms. The number of nitrogens with zero attached hydrogens (tertiary/aromatic N) is 3. The Bertz CT molecular complexity index is 750. The SMILES string of the molecule is CC1CCc2c(sc3ncnc(N4CCC(C(=O)O)CC4)c23)C1. The standard InChI is InChI=1S/C17H21N3O2S/c1-10-2-3-12-13(8-10)23-16-14(12)15(18-9-19-16)20-6-4-11(5-7-20)17(21)22/h9-11H,2-8H2,1H3,(H,21,22). The molecule has 1 saturated heterocycles. The number of piperidine rings is 1. The van der Waals surface area contributed by atoms with Crippen molar-refractivity contribution >= 4 is 33.3 Å². The fourth-order valence-corrected chi connectivity index (χ4v) is 5.18. The first-order valence-corrected chi connectivity index (χ1v) is 9.18. The fraction of sp³-hybridized carbons (Fsp3) is 0.588. The summed E-state index contributed by atoms with van der Waals surface area (Å²) >= 11 is 1.82. The Morgan fingerprint density at radius 3 is 2.83 bits per heavy atom. The van der Waals surface area contributed by atoms with E-state index in [1.54, 1.807) is 6.33 Å². The minimum absolute atomic E-state index is 0.208. The number of aliphatic carboxylic acids is 1. The van der Waals surface area contributed by atoms with Gasteiger partial charge < -0.3 is 10.0 Å². The van der Waals surface area contributed by atoms with Crippen LogP contribution in [0.25, 0.3) is 10.2 Å². The molecular formula is C17H21N3O2S. The van der Waals surface area contributed by atoms with Gasteiger partial charge in [0.2, 0.25) is 0 Å². The average molecular weight is 331 g/mol. The van der Waals surface area contributed by atoms with Gasteiger partial charge >= 0.3 is 5.97 Å². The summed E-state index contributed by atoms with van der Waals surface area (Å²) in [5, 5.41) is 10.4. The van der Waals surface area contributed by atoms with Crippen molar-refractivity contribution in [1.82, 2.24) is 9.97 Å². The maximum atomic E-state index is 11.1. The number of hydrogen-bond acceptors (Lipinski definition) is 5. The number of fused-ring (bicyclic) bond motifs is 3. The Kier molecular flexibility index (Phi) is 3.71. The van der Waals surface area contributed by atoms with Crippen LogP contribution in [0, 0.1) is 11.8 Å². The lowest BCUT2D eigenvalue weighted by atomic mass is 9.89. The van der Waals surface area contributed by atoms with Gasteiger partial charge in [-0.2, -0.15) is 0 Å². The molecule has 5 nitrogen and oxygen atoms in total. The van der Waals surface area contributed by atoms with Gasteiger partial charge in [0.15, 0.2) is 0 Å². The topological polar surface area (TPSA) is 66.3 Å². The molecule has 0 bridgehead atoms. The zero-order chi connectivity index (χ0) is 16.0. The van der Waals surface area contributed by atoms with Gasteiger partial charge in [-0.25, -0.2) is 9.97 Å². The minimum Gasteiger partial charge on any atom is -0.481 e. The summed E-state index contributed by atoms with van der Waals surface area (Å²) < 4.78 is 0. The molecule has 1 unspecified atom stereocenters. The van der Waals surface area contributed by atoms with E-state index in [9.17, 15) is 9.90 Å². The Balaban J connectivity index is 1.69. The second-order valence-corrected chi connectivity index (χ2v) is 7.91. The van der Waals surface area contributed by atoms with E-state index in [1.165, 1.54) is 22.2 Å². The predicted molar refractivity (Wildman–Crippen MR) is 91.2 cm³/mol. The molecule has 1 N–H and O–H groups in total. The number of aromatic nitrogens is 2. The lowest BCUT2D eigenvalue weighted by Crippen LogP contribution is -2.37. The van der Waals surface area contributed by atoms with E-state index in [2.05, 4.69) is 21.8 Å². The van der Waals surface area contributed by atoms with E-state index >= 15 is 0 Å². The molecule has 23 heavy (non-hydrogen) atoms. The monoisotopic (exact) mass is 331 g/mol. The highest BCUT2D eigenvalue weighted by Crippen LogP contribution is 2.41. The second-order valence-electron chi connectivity index (χ2n) is 6.83. The molecule has 2 aromatic rings. The molecule has 3 heterocycles. The summed E-state index contributed by atoms with van der Waals surface area (Å²) in [4.78, 5) is 25.0. The maximum Gasteiger partial charge on any atom is 0.306 e. The molecule has 0 aromatic carbocycles. The molecule has 2 aliphatic rings. The van der Waals surface area contributed by atoms with Gasteiger partial charge in [0.05, 0.1) is 11.3 Å². The zero-order valence-electron chi connectivity index (χ0n) is 13.3. The van der Waals surface area contributed by atoms with E-state index in [4.69, 9.17) is 0 Å². The summed E-state index contributed by atoms with van der Waals surface area (Å²) in [6, 6.07) is 0. The van der Waals surface area contributed by atoms with Crippen LogP contribution >= 0.6 is 11.3 Å². The third kappa shape index (κ3) is 2.59. The molecule has 0 spiro atoms. The van der Waals surface area contributed by atoms with Gasteiger partial charge in [-0.3, -0.25) is 4.79 Å². The van der Waals surface area contributed by atoms with Gasteiger partial charge in [-0.1, -0.05) is 6.92 Å².